The molecule has 0 fully saturated rings. The Morgan fingerprint density at radius 2 is 1.95 bits per heavy atom. The van der Waals surface area contributed by atoms with Crippen LogP contribution in [0.5, 0.6) is 5.75 Å². The number of carbonyl (C=O) groups is 1. The molecule has 1 heterocycles. The number of hydrogen-bond donors (Lipinski definition) is 1. The molecule has 2 N–H and O–H groups in total. The molecule has 0 radical (unpaired) electrons. The van der Waals surface area contributed by atoms with Crippen molar-refractivity contribution in [1.82, 2.24) is 4.98 Å². The standard InChI is InChI=1S/C17H20N2O2/c1-10-7-13(5-6-14(10)18)16(20)8-15-12(3)17(21-4)11(2)9-19-15/h5-7,9H,8,18H2,1-4H3. The van der Waals surface area contributed by atoms with Crippen LogP contribution >= 0.6 is 0 Å². The van der Waals surface area contributed by atoms with Gasteiger partial charge >= 0.3 is 0 Å². The first kappa shape index (κ1) is 15.0. The third-order valence-electron chi connectivity index (χ3n) is 3.67. The van der Waals surface area contributed by atoms with Gasteiger partial charge in [0.25, 0.3) is 0 Å². The monoisotopic (exact) mass is 284 g/mol. The molecule has 110 valence electrons. The van der Waals surface area contributed by atoms with Crippen molar-refractivity contribution in [3.05, 3.63) is 52.3 Å². The van der Waals surface area contributed by atoms with E-state index in [2.05, 4.69) is 4.98 Å². The molecule has 0 atom stereocenters. The summed E-state index contributed by atoms with van der Waals surface area (Å²) in [5.41, 5.74) is 10.7. The molecule has 2 aromatic rings. The number of nitrogen functional groups attached to an aromatic ring is 1. The molecule has 0 amide bonds. The van der Waals surface area contributed by atoms with Crippen LogP contribution in [0.2, 0.25) is 0 Å². The number of rotatable bonds is 4. The van der Waals surface area contributed by atoms with Crippen molar-refractivity contribution < 1.29 is 9.53 Å². The second kappa shape index (κ2) is 5.95. The molecule has 4 nitrogen and oxygen atoms in total. The lowest BCUT2D eigenvalue weighted by Crippen LogP contribution is -2.09. The highest BCUT2D eigenvalue weighted by Gasteiger charge is 2.14. The van der Waals surface area contributed by atoms with Crippen LogP contribution in [0.3, 0.4) is 0 Å². The number of pyridine rings is 1. The van der Waals surface area contributed by atoms with Crippen molar-refractivity contribution in [2.24, 2.45) is 0 Å². The minimum absolute atomic E-state index is 0.0274. The molecule has 1 aromatic carbocycles. The van der Waals surface area contributed by atoms with Gasteiger partial charge in [0.05, 0.1) is 19.2 Å². The molecule has 0 aliphatic heterocycles. The first-order valence-electron chi connectivity index (χ1n) is 6.82. The second-order valence-electron chi connectivity index (χ2n) is 5.22. The molecule has 0 saturated heterocycles. The number of aromatic nitrogens is 1. The Labute approximate surface area is 125 Å². The number of anilines is 1. The molecule has 0 aliphatic carbocycles. The minimum Gasteiger partial charge on any atom is -0.496 e. The van der Waals surface area contributed by atoms with Gasteiger partial charge in [-0.1, -0.05) is 0 Å². The summed E-state index contributed by atoms with van der Waals surface area (Å²) in [6, 6.07) is 5.34. The molecular weight excluding hydrogens is 264 g/mol. The number of ether oxygens (including phenoxy) is 1. The van der Waals surface area contributed by atoms with Crippen molar-refractivity contribution in [3.63, 3.8) is 0 Å². The molecule has 0 spiro atoms. The summed E-state index contributed by atoms with van der Waals surface area (Å²) in [6.45, 7) is 5.76. The average molecular weight is 284 g/mol. The zero-order valence-electron chi connectivity index (χ0n) is 12.9. The second-order valence-corrected chi connectivity index (χ2v) is 5.22. The Morgan fingerprint density at radius 1 is 1.24 bits per heavy atom. The summed E-state index contributed by atoms with van der Waals surface area (Å²) in [6.07, 6.45) is 1.99. The van der Waals surface area contributed by atoms with Crippen molar-refractivity contribution in [2.75, 3.05) is 12.8 Å². The van der Waals surface area contributed by atoms with Gasteiger partial charge < -0.3 is 10.5 Å². The van der Waals surface area contributed by atoms with Crippen molar-refractivity contribution in [1.29, 1.82) is 0 Å². The van der Waals surface area contributed by atoms with E-state index in [0.29, 0.717) is 11.3 Å². The van der Waals surface area contributed by atoms with Crippen LogP contribution in [0.4, 0.5) is 5.69 Å². The van der Waals surface area contributed by atoms with E-state index < -0.39 is 0 Å². The minimum atomic E-state index is 0.0274. The van der Waals surface area contributed by atoms with Gasteiger partial charge in [0.2, 0.25) is 0 Å². The van der Waals surface area contributed by atoms with Crippen LogP contribution in [-0.2, 0) is 6.42 Å². The van der Waals surface area contributed by atoms with Crippen molar-refractivity contribution in [3.8, 4) is 5.75 Å². The fraction of sp³-hybridized carbons (Fsp3) is 0.294. The molecule has 0 aliphatic rings. The Kier molecular flexibility index (Phi) is 4.26. The highest BCUT2D eigenvalue weighted by Crippen LogP contribution is 2.25. The summed E-state index contributed by atoms with van der Waals surface area (Å²) < 4.78 is 5.37. The lowest BCUT2D eigenvalue weighted by molar-refractivity contribution is 0.0991. The number of methoxy groups -OCH3 is 1. The first-order valence-corrected chi connectivity index (χ1v) is 6.82. The molecular formula is C17H20N2O2. The maximum atomic E-state index is 12.4. The van der Waals surface area contributed by atoms with Gasteiger partial charge in [-0.3, -0.25) is 9.78 Å². The average Bonchev–Trinajstić information content (AvgIpc) is 2.45. The summed E-state index contributed by atoms with van der Waals surface area (Å²) in [5, 5.41) is 0. The fourth-order valence-corrected chi connectivity index (χ4v) is 2.35. The zero-order valence-corrected chi connectivity index (χ0v) is 12.9. The van der Waals surface area contributed by atoms with Crippen LogP contribution in [0.1, 0.15) is 32.7 Å². The van der Waals surface area contributed by atoms with Gasteiger partial charge in [-0.15, -0.1) is 0 Å². The third-order valence-corrected chi connectivity index (χ3v) is 3.67. The third kappa shape index (κ3) is 3.05. The number of aryl methyl sites for hydroxylation is 2. The van der Waals surface area contributed by atoms with Gasteiger partial charge in [0, 0.05) is 28.6 Å². The van der Waals surface area contributed by atoms with Gasteiger partial charge in [-0.25, -0.2) is 0 Å². The van der Waals surface area contributed by atoms with E-state index >= 15 is 0 Å². The molecule has 1 aromatic heterocycles. The van der Waals surface area contributed by atoms with Crippen LogP contribution in [0.15, 0.2) is 24.4 Å². The summed E-state index contributed by atoms with van der Waals surface area (Å²) in [4.78, 5) is 16.8. The number of nitrogens with two attached hydrogens (primary N) is 1. The smallest absolute Gasteiger partial charge is 0.168 e. The van der Waals surface area contributed by atoms with Crippen molar-refractivity contribution >= 4 is 11.5 Å². The van der Waals surface area contributed by atoms with Crippen LogP contribution in [-0.4, -0.2) is 17.9 Å². The number of nitrogens with zero attached hydrogens (tertiary/aromatic N) is 1. The van der Waals surface area contributed by atoms with E-state index in [1.165, 1.54) is 0 Å². The Balaban J connectivity index is 2.29. The van der Waals surface area contributed by atoms with Gasteiger partial charge in [0.15, 0.2) is 5.78 Å². The number of carbonyl (C=O) groups excluding carboxylic acids is 1. The molecule has 2 rings (SSSR count). The molecule has 0 unspecified atom stereocenters. The first-order chi connectivity index (χ1) is 9.93. The lowest BCUT2D eigenvalue weighted by atomic mass is 10.0. The van der Waals surface area contributed by atoms with E-state index in [9.17, 15) is 4.79 Å². The Hall–Kier alpha value is -2.36. The number of hydrogen-bond acceptors (Lipinski definition) is 4. The highest BCUT2D eigenvalue weighted by molar-refractivity contribution is 5.98. The Bertz CT molecular complexity index is 693. The summed E-state index contributed by atoms with van der Waals surface area (Å²) in [5.74, 6) is 0.820. The molecule has 21 heavy (non-hydrogen) atoms. The van der Waals surface area contributed by atoms with Gasteiger partial charge in [-0.2, -0.15) is 0 Å². The van der Waals surface area contributed by atoms with E-state index in [4.69, 9.17) is 10.5 Å². The topological polar surface area (TPSA) is 65.2 Å². The maximum absolute atomic E-state index is 12.4. The highest BCUT2D eigenvalue weighted by atomic mass is 16.5. The van der Waals surface area contributed by atoms with E-state index in [1.54, 1.807) is 25.4 Å². The van der Waals surface area contributed by atoms with Crippen LogP contribution < -0.4 is 10.5 Å². The van der Waals surface area contributed by atoms with Crippen molar-refractivity contribution in [2.45, 2.75) is 27.2 Å². The number of Topliss-reactive ketones (excluding diaryl/α,β-unsaturated/α-hetero) is 1. The quantitative estimate of drug-likeness (QED) is 0.692. The molecule has 0 bridgehead atoms. The summed E-state index contributed by atoms with van der Waals surface area (Å²) in [7, 11) is 1.63. The summed E-state index contributed by atoms with van der Waals surface area (Å²) >= 11 is 0. The normalized spacial score (nSPS) is 10.5. The van der Waals surface area contributed by atoms with Gasteiger partial charge in [-0.05, 0) is 44.5 Å². The SMILES string of the molecule is COc1c(C)cnc(CC(=O)c2ccc(N)c(C)c2)c1C. The fourth-order valence-electron chi connectivity index (χ4n) is 2.35. The van der Waals surface area contributed by atoms with Crippen LogP contribution in [0, 0.1) is 20.8 Å². The van der Waals surface area contributed by atoms with E-state index in [1.807, 2.05) is 26.8 Å². The Morgan fingerprint density at radius 3 is 2.57 bits per heavy atom. The number of ketones is 1. The van der Waals surface area contributed by atoms with Gasteiger partial charge in [0.1, 0.15) is 5.75 Å². The lowest BCUT2D eigenvalue weighted by Gasteiger charge is -2.12. The predicted molar refractivity (Wildman–Crippen MR) is 83.9 cm³/mol. The van der Waals surface area contributed by atoms with E-state index in [0.717, 1.165) is 28.1 Å². The molecule has 4 heteroatoms. The maximum Gasteiger partial charge on any atom is 0.168 e. The molecule has 0 saturated carbocycles. The predicted octanol–water partition coefficient (Wildman–Crippen LogP) is 3.02. The van der Waals surface area contributed by atoms with Crippen LogP contribution in [0.25, 0.3) is 0 Å². The number of benzene rings is 1. The zero-order chi connectivity index (χ0) is 15.6. The largest absolute Gasteiger partial charge is 0.496 e. The van der Waals surface area contributed by atoms with E-state index in [-0.39, 0.29) is 12.2 Å².